The highest BCUT2D eigenvalue weighted by Crippen LogP contribution is 2.37. The molecule has 0 atom stereocenters. The Balaban J connectivity index is 2.18. The number of fused-ring (bicyclic) bond motifs is 2. The zero-order chi connectivity index (χ0) is 15.1. The monoisotopic (exact) mass is 394 g/mol. The summed E-state index contributed by atoms with van der Waals surface area (Å²) in [6.07, 6.45) is 0. The van der Waals surface area contributed by atoms with E-state index in [1.54, 1.807) is 0 Å². The summed E-state index contributed by atoms with van der Waals surface area (Å²) < 4.78 is 1.31. The third kappa shape index (κ3) is 2.20. The van der Waals surface area contributed by atoms with Gasteiger partial charge < -0.3 is 0 Å². The van der Waals surface area contributed by atoms with Crippen LogP contribution in [0.5, 0.6) is 0 Å². The fourth-order valence-corrected chi connectivity index (χ4v) is 3.59. The highest BCUT2D eigenvalue weighted by atomic mass is 127. The van der Waals surface area contributed by atoms with Crippen LogP contribution in [0.1, 0.15) is 5.56 Å². The molecule has 0 heterocycles. The molecule has 4 aromatic carbocycles. The molecule has 0 spiro atoms. The molecule has 22 heavy (non-hydrogen) atoms. The van der Waals surface area contributed by atoms with Gasteiger partial charge >= 0.3 is 0 Å². The summed E-state index contributed by atoms with van der Waals surface area (Å²) in [5, 5.41) is 5.24. The van der Waals surface area contributed by atoms with E-state index in [4.69, 9.17) is 0 Å². The van der Waals surface area contributed by atoms with E-state index < -0.39 is 0 Å². The molecule has 0 unspecified atom stereocenters. The molecule has 0 saturated carbocycles. The zero-order valence-corrected chi connectivity index (χ0v) is 14.5. The first-order valence-corrected chi connectivity index (χ1v) is 8.49. The summed E-state index contributed by atoms with van der Waals surface area (Å²) in [5.41, 5.74) is 3.96. The van der Waals surface area contributed by atoms with Crippen molar-refractivity contribution in [2.24, 2.45) is 0 Å². The van der Waals surface area contributed by atoms with Crippen molar-refractivity contribution in [2.75, 3.05) is 0 Å². The second kappa shape index (κ2) is 5.40. The number of aryl methyl sites for hydroxylation is 1. The van der Waals surface area contributed by atoms with Crippen molar-refractivity contribution in [1.82, 2.24) is 0 Å². The minimum absolute atomic E-state index is 1.29. The highest BCUT2D eigenvalue weighted by molar-refractivity contribution is 14.1. The van der Waals surface area contributed by atoms with E-state index in [1.807, 2.05) is 0 Å². The molecule has 0 aliphatic heterocycles. The van der Waals surface area contributed by atoms with Crippen LogP contribution in [0.3, 0.4) is 0 Å². The zero-order valence-electron chi connectivity index (χ0n) is 12.3. The van der Waals surface area contributed by atoms with E-state index in [0.717, 1.165) is 0 Å². The highest BCUT2D eigenvalue weighted by Gasteiger charge is 2.10. The number of hydrogen-bond donors (Lipinski definition) is 0. The van der Waals surface area contributed by atoms with Crippen LogP contribution in [-0.4, -0.2) is 0 Å². The summed E-state index contributed by atoms with van der Waals surface area (Å²) in [7, 11) is 0. The van der Waals surface area contributed by atoms with Gasteiger partial charge in [-0.3, -0.25) is 0 Å². The molecular formula is C21H15I. The Kier molecular flexibility index (Phi) is 3.38. The lowest BCUT2D eigenvalue weighted by molar-refractivity contribution is 1.43. The smallest absolute Gasteiger partial charge is 0.0165 e. The van der Waals surface area contributed by atoms with Crippen molar-refractivity contribution in [3.63, 3.8) is 0 Å². The first-order chi connectivity index (χ1) is 10.7. The largest absolute Gasteiger partial charge is 0.0616 e. The van der Waals surface area contributed by atoms with Crippen molar-refractivity contribution >= 4 is 44.1 Å². The van der Waals surface area contributed by atoms with Crippen LogP contribution in [0.15, 0.2) is 72.8 Å². The van der Waals surface area contributed by atoms with Crippen molar-refractivity contribution in [3.05, 3.63) is 81.9 Å². The predicted molar refractivity (Wildman–Crippen MR) is 104 cm³/mol. The Morgan fingerprint density at radius 1 is 0.682 bits per heavy atom. The summed E-state index contributed by atoms with van der Waals surface area (Å²) in [5.74, 6) is 0. The van der Waals surface area contributed by atoms with Gasteiger partial charge in [0.25, 0.3) is 0 Å². The van der Waals surface area contributed by atoms with Crippen molar-refractivity contribution in [3.8, 4) is 11.1 Å². The number of rotatable bonds is 1. The van der Waals surface area contributed by atoms with Gasteiger partial charge in [-0.25, -0.2) is 0 Å². The Labute approximate surface area is 143 Å². The standard InChI is InChI=1S/C21H15I/c1-14-10-11-17(13-20(14)22)21-18-8-4-2-6-15(18)12-16-7-3-5-9-19(16)21/h2-13H,1H3. The molecule has 0 N–H and O–H groups in total. The molecule has 0 nitrogen and oxygen atoms in total. The van der Waals surface area contributed by atoms with Gasteiger partial charge in [0.2, 0.25) is 0 Å². The van der Waals surface area contributed by atoms with Crippen LogP contribution in [0.4, 0.5) is 0 Å². The lowest BCUT2D eigenvalue weighted by atomic mass is 9.92. The average Bonchev–Trinajstić information content (AvgIpc) is 2.55. The van der Waals surface area contributed by atoms with Gasteiger partial charge in [-0.1, -0.05) is 60.7 Å². The van der Waals surface area contributed by atoms with Gasteiger partial charge in [-0.15, -0.1) is 0 Å². The molecule has 106 valence electrons. The molecular weight excluding hydrogens is 379 g/mol. The summed E-state index contributed by atoms with van der Waals surface area (Å²) in [6, 6.07) is 26.4. The topological polar surface area (TPSA) is 0 Å². The van der Waals surface area contributed by atoms with Crippen molar-refractivity contribution in [2.45, 2.75) is 6.92 Å². The third-order valence-corrected chi connectivity index (χ3v) is 5.39. The van der Waals surface area contributed by atoms with E-state index >= 15 is 0 Å². The Morgan fingerprint density at radius 2 is 1.27 bits per heavy atom. The fourth-order valence-electron chi connectivity index (χ4n) is 3.07. The first-order valence-electron chi connectivity index (χ1n) is 7.41. The molecule has 0 saturated heterocycles. The van der Waals surface area contributed by atoms with Crippen LogP contribution in [0, 0.1) is 10.5 Å². The Bertz CT molecular complexity index is 945. The fraction of sp³-hybridized carbons (Fsp3) is 0.0476. The minimum atomic E-state index is 1.29. The molecule has 4 rings (SSSR count). The molecule has 0 amide bonds. The van der Waals surface area contributed by atoms with Crippen LogP contribution in [0.2, 0.25) is 0 Å². The van der Waals surface area contributed by atoms with Gasteiger partial charge in [-0.2, -0.15) is 0 Å². The molecule has 0 aromatic heterocycles. The van der Waals surface area contributed by atoms with Crippen LogP contribution in [0.25, 0.3) is 32.7 Å². The minimum Gasteiger partial charge on any atom is -0.0616 e. The summed E-state index contributed by atoms with van der Waals surface area (Å²) in [4.78, 5) is 0. The lowest BCUT2D eigenvalue weighted by Crippen LogP contribution is -1.87. The second-order valence-electron chi connectivity index (χ2n) is 5.66. The molecule has 0 bridgehead atoms. The third-order valence-electron chi connectivity index (χ3n) is 4.23. The van der Waals surface area contributed by atoms with Crippen LogP contribution >= 0.6 is 22.6 Å². The summed E-state index contributed by atoms with van der Waals surface area (Å²) >= 11 is 2.42. The SMILES string of the molecule is Cc1ccc(-c2c3ccccc3cc3ccccc23)cc1I. The lowest BCUT2D eigenvalue weighted by Gasteiger charge is -2.13. The molecule has 0 fully saturated rings. The molecule has 4 aromatic rings. The van der Waals surface area contributed by atoms with Crippen LogP contribution in [-0.2, 0) is 0 Å². The van der Waals surface area contributed by atoms with E-state index in [9.17, 15) is 0 Å². The van der Waals surface area contributed by atoms with E-state index in [2.05, 4.69) is 102 Å². The van der Waals surface area contributed by atoms with Gasteiger partial charge in [0.15, 0.2) is 0 Å². The van der Waals surface area contributed by atoms with E-state index in [-0.39, 0.29) is 0 Å². The van der Waals surface area contributed by atoms with Gasteiger partial charge in [0.1, 0.15) is 0 Å². The quantitative estimate of drug-likeness (QED) is 0.253. The maximum Gasteiger partial charge on any atom is 0.0165 e. The second-order valence-corrected chi connectivity index (χ2v) is 6.82. The molecule has 0 aliphatic carbocycles. The first kappa shape index (κ1) is 13.8. The number of hydrogen-bond acceptors (Lipinski definition) is 0. The molecule has 0 aliphatic rings. The van der Waals surface area contributed by atoms with E-state index in [0.29, 0.717) is 0 Å². The van der Waals surface area contributed by atoms with E-state index in [1.165, 1.54) is 41.8 Å². The summed E-state index contributed by atoms with van der Waals surface area (Å²) in [6.45, 7) is 2.16. The number of benzene rings is 4. The van der Waals surface area contributed by atoms with Gasteiger partial charge in [0, 0.05) is 3.57 Å². The number of halogens is 1. The maximum atomic E-state index is 2.42. The Morgan fingerprint density at radius 3 is 1.86 bits per heavy atom. The maximum absolute atomic E-state index is 2.42. The average molecular weight is 394 g/mol. The molecule has 1 heteroatoms. The van der Waals surface area contributed by atoms with Crippen molar-refractivity contribution < 1.29 is 0 Å². The normalized spacial score (nSPS) is 11.2. The van der Waals surface area contributed by atoms with Crippen molar-refractivity contribution in [1.29, 1.82) is 0 Å². The molecule has 0 radical (unpaired) electrons. The predicted octanol–water partition coefficient (Wildman–Crippen LogP) is 6.57. The Hall–Kier alpha value is -1.87. The van der Waals surface area contributed by atoms with Gasteiger partial charge in [0.05, 0.1) is 0 Å². The van der Waals surface area contributed by atoms with Crippen LogP contribution < -0.4 is 0 Å². The van der Waals surface area contributed by atoms with Gasteiger partial charge in [-0.05, 0) is 79.9 Å².